The molecule has 0 radical (unpaired) electrons. The Morgan fingerprint density at radius 3 is 2.20 bits per heavy atom. The van der Waals surface area contributed by atoms with E-state index in [2.05, 4.69) is 0 Å². The molecule has 1 fully saturated rings. The molecular formula is C12H16FNO4S2. The number of halogens is 1. The molecular weight excluding hydrogens is 305 g/mol. The number of sulfonamides is 1. The Labute approximate surface area is 118 Å². The lowest BCUT2D eigenvalue weighted by Gasteiger charge is -2.22. The Balaban J connectivity index is 2.35. The van der Waals surface area contributed by atoms with Gasteiger partial charge in [0.1, 0.15) is 0 Å². The lowest BCUT2D eigenvalue weighted by atomic mass is 10.2. The standard InChI is InChI=1S/C12H16FNO4S2/c1-2-10-4-3-9-14(10)20(17,18)12-7-5-11(6-8-12)19(13,15)16/h5-8,10H,2-4,9H2,1H3. The SMILES string of the molecule is CCC1CCCN1S(=O)(=O)c1ccc(S(=O)(=O)F)cc1. The zero-order chi connectivity index (χ0) is 15.0. The van der Waals surface area contributed by atoms with E-state index < -0.39 is 25.1 Å². The molecule has 1 aromatic rings. The second-order valence-electron chi connectivity index (χ2n) is 4.73. The van der Waals surface area contributed by atoms with Gasteiger partial charge < -0.3 is 0 Å². The molecule has 1 heterocycles. The highest BCUT2D eigenvalue weighted by Crippen LogP contribution is 2.28. The van der Waals surface area contributed by atoms with Crippen LogP contribution in [0.15, 0.2) is 34.1 Å². The average molecular weight is 321 g/mol. The van der Waals surface area contributed by atoms with E-state index in [0.29, 0.717) is 6.54 Å². The van der Waals surface area contributed by atoms with E-state index in [4.69, 9.17) is 0 Å². The van der Waals surface area contributed by atoms with Crippen LogP contribution < -0.4 is 0 Å². The van der Waals surface area contributed by atoms with Crippen LogP contribution in [0.2, 0.25) is 0 Å². The summed E-state index contributed by atoms with van der Waals surface area (Å²) in [6.45, 7) is 2.39. The van der Waals surface area contributed by atoms with Crippen LogP contribution in [0.4, 0.5) is 3.89 Å². The molecule has 1 atom stereocenters. The van der Waals surface area contributed by atoms with Gasteiger partial charge in [-0.15, -0.1) is 3.89 Å². The molecule has 8 heteroatoms. The molecule has 1 unspecified atom stereocenters. The second kappa shape index (κ2) is 5.42. The highest BCUT2D eigenvalue weighted by Gasteiger charge is 2.34. The maximum absolute atomic E-state index is 12.8. The minimum atomic E-state index is -4.81. The minimum Gasteiger partial charge on any atom is -0.207 e. The van der Waals surface area contributed by atoms with Crippen molar-refractivity contribution in [3.05, 3.63) is 24.3 Å². The van der Waals surface area contributed by atoms with Crippen LogP contribution in [0.5, 0.6) is 0 Å². The van der Waals surface area contributed by atoms with Gasteiger partial charge in [-0.3, -0.25) is 0 Å². The summed E-state index contributed by atoms with van der Waals surface area (Å²) < 4.78 is 60.6. The van der Waals surface area contributed by atoms with Gasteiger partial charge in [-0.05, 0) is 43.5 Å². The normalized spacial score (nSPS) is 21.2. The predicted molar refractivity (Wildman–Crippen MR) is 71.9 cm³/mol. The largest absolute Gasteiger partial charge is 0.332 e. The van der Waals surface area contributed by atoms with Gasteiger partial charge in [0.2, 0.25) is 10.0 Å². The van der Waals surface area contributed by atoms with E-state index in [-0.39, 0.29) is 10.9 Å². The van der Waals surface area contributed by atoms with E-state index in [0.717, 1.165) is 43.5 Å². The third-order valence-corrected chi connectivity index (χ3v) is 6.31. The van der Waals surface area contributed by atoms with Crippen molar-refractivity contribution in [1.82, 2.24) is 4.31 Å². The van der Waals surface area contributed by atoms with E-state index in [1.807, 2.05) is 6.92 Å². The molecule has 0 aliphatic carbocycles. The van der Waals surface area contributed by atoms with Gasteiger partial charge in [0.05, 0.1) is 9.79 Å². The Kier molecular flexibility index (Phi) is 4.17. The summed E-state index contributed by atoms with van der Waals surface area (Å²) in [5.41, 5.74) is 0. The summed E-state index contributed by atoms with van der Waals surface area (Å²) in [5, 5.41) is 0. The van der Waals surface area contributed by atoms with Gasteiger partial charge in [0.25, 0.3) is 0 Å². The fraction of sp³-hybridized carbons (Fsp3) is 0.500. The lowest BCUT2D eigenvalue weighted by Crippen LogP contribution is -2.35. The maximum Gasteiger partial charge on any atom is 0.332 e. The van der Waals surface area contributed by atoms with Crippen molar-refractivity contribution in [2.24, 2.45) is 0 Å². The Bertz CT molecular complexity index is 683. The Hall–Kier alpha value is -0.990. The molecule has 0 saturated carbocycles. The van der Waals surface area contributed by atoms with Crippen LogP contribution in [0.3, 0.4) is 0 Å². The highest BCUT2D eigenvalue weighted by molar-refractivity contribution is 7.89. The number of benzene rings is 1. The van der Waals surface area contributed by atoms with Gasteiger partial charge >= 0.3 is 10.2 Å². The molecule has 0 bridgehead atoms. The molecule has 1 aromatic carbocycles. The third-order valence-electron chi connectivity index (χ3n) is 3.51. The molecule has 0 spiro atoms. The van der Waals surface area contributed by atoms with Gasteiger partial charge in [-0.2, -0.15) is 12.7 Å². The molecule has 112 valence electrons. The van der Waals surface area contributed by atoms with Crippen molar-refractivity contribution in [2.45, 2.75) is 42.0 Å². The molecule has 1 aliphatic rings. The van der Waals surface area contributed by atoms with E-state index >= 15 is 0 Å². The minimum absolute atomic E-state index is 0.00903. The number of hydrogen-bond acceptors (Lipinski definition) is 4. The zero-order valence-corrected chi connectivity index (χ0v) is 12.6. The summed E-state index contributed by atoms with van der Waals surface area (Å²) >= 11 is 0. The van der Waals surface area contributed by atoms with Crippen LogP contribution in [-0.4, -0.2) is 33.7 Å². The van der Waals surface area contributed by atoms with E-state index in [9.17, 15) is 20.7 Å². The molecule has 0 amide bonds. The van der Waals surface area contributed by atoms with Crippen molar-refractivity contribution in [1.29, 1.82) is 0 Å². The molecule has 0 N–H and O–H groups in total. The number of rotatable bonds is 4. The first-order chi connectivity index (χ1) is 9.26. The average Bonchev–Trinajstić information content (AvgIpc) is 2.87. The molecule has 0 aromatic heterocycles. The monoisotopic (exact) mass is 321 g/mol. The lowest BCUT2D eigenvalue weighted by molar-refractivity contribution is 0.379. The van der Waals surface area contributed by atoms with Gasteiger partial charge in [0.15, 0.2) is 0 Å². The van der Waals surface area contributed by atoms with Crippen LogP contribution in [0.1, 0.15) is 26.2 Å². The Morgan fingerprint density at radius 1 is 1.15 bits per heavy atom. The quantitative estimate of drug-likeness (QED) is 0.794. The topological polar surface area (TPSA) is 71.5 Å². The summed E-state index contributed by atoms with van der Waals surface area (Å²) in [6, 6.07) is 4.18. The van der Waals surface area contributed by atoms with Gasteiger partial charge in [-0.25, -0.2) is 8.42 Å². The molecule has 1 aliphatic heterocycles. The van der Waals surface area contributed by atoms with Crippen molar-refractivity contribution in [2.75, 3.05) is 6.54 Å². The first-order valence-electron chi connectivity index (χ1n) is 6.33. The summed E-state index contributed by atoms with van der Waals surface area (Å²) in [5.74, 6) is 0. The number of hydrogen-bond donors (Lipinski definition) is 0. The van der Waals surface area contributed by atoms with E-state index in [1.54, 1.807) is 0 Å². The summed E-state index contributed by atoms with van der Waals surface area (Å²) in [7, 11) is -8.45. The molecule has 1 saturated heterocycles. The molecule has 2 rings (SSSR count). The van der Waals surface area contributed by atoms with Crippen LogP contribution >= 0.6 is 0 Å². The van der Waals surface area contributed by atoms with Gasteiger partial charge in [0, 0.05) is 12.6 Å². The molecule has 5 nitrogen and oxygen atoms in total. The van der Waals surface area contributed by atoms with Crippen LogP contribution in [0, 0.1) is 0 Å². The maximum atomic E-state index is 12.8. The summed E-state index contributed by atoms with van der Waals surface area (Å²) in [6.07, 6.45) is 2.37. The zero-order valence-electron chi connectivity index (χ0n) is 11.0. The van der Waals surface area contributed by atoms with Crippen LogP contribution in [0.25, 0.3) is 0 Å². The first kappa shape index (κ1) is 15.4. The third kappa shape index (κ3) is 2.87. The highest BCUT2D eigenvalue weighted by atomic mass is 32.3. The predicted octanol–water partition coefficient (Wildman–Crippen LogP) is 1.91. The fourth-order valence-electron chi connectivity index (χ4n) is 2.44. The van der Waals surface area contributed by atoms with Crippen molar-refractivity contribution in [3.8, 4) is 0 Å². The van der Waals surface area contributed by atoms with E-state index in [1.165, 1.54) is 4.31 Å². The van der Waals surface area contributed by atoms with Crippen LogP contribution in [-0.2, 0) is 20.2 Å². The molecule has 20 heavy (non-hydrogen) atoms. The number of nitrogens with zero attached hydrogens (tertiary/aromatic N) is 1. The Morgan fingerprint density at radius 2 is 1.70 bits per heavy atom. The second-order valence-corrected chi connectivity index (χ2v) is 7.97. The van der Waals surface area contributed by atoms with Crippen molar-refractivity contribution in [3.63, 3.8) is 0 Å². The summed E-state index contributed by atoms with van der Waals surface area (Å²) in [4.78, 5) is -0.546. The van der Waals surface area contributed by atoms with Crippen molar-refractivity contribution < 1.29 is 20.7 Å². The smallest absolute Gasteiger partial charge is 0.207 e. The van der Waals surface area contributed by atoms with Gasteiger partial charge in [-0.1, -0.05) is 6.92 Å². The fourth-order valence-corrected chi connectivity index (χ4v) is 4.67. The first-order valence-corrected chi connectivity index (χ1v) is 9.15. The van der Waals surface area contributed by atoms with Crippen molar-refractivity contribution >= 4 is 20.2 Å².